The first-order valence-electron chi connectivity index (χ1n) is 6.59. The Kier molecular flexibility index (Phi) is 5.29. The number of carbonyl (C=O) groups is 2. The largest absolute Gasteiger partial charge is 0.481 e. The van der Waals surface area contributed by atoms with Crippen molar-refractivity contribution in [1.82, 2.24) is 0 Å². The number of anilines is 1. The van der Waals surface area contributed by atoms with E-state index >= 15 is 0 Å². The summed E-state index contributed by atoms with van der Waals surface area (Å²) in [5.41, 5.74) is -0.0846. The lowest BCUT2D eigenvalue weighted by molar-refractivity contribution is -0.137. The van der Waals surface area contributed by atoms with Crippen LogP contribution in [0.5, 0.6) is 0 Å². The van der Waals surface area contributed by atoms with E-state index in [1.807, 2.05) is 0 Å². The smallest absolute Gasteiger partial charge is 0.412 e. The molecule has 0 spiro atoms. The van der Waals surface area contributed by atoms with Gasteiger partial charge in [-0.25, -0.2) is 9.18 Å². The minimum Gasteiger partial charge on any atom is -0.481 e. The summed E-state index contributed by atoms with van der Waals surface area (Å²) >= 11 is 0. The molecule has 0 aromatic heterocycles. The van der Waals surface area contributed by atoms with Crippen LogP contribution in [0, 0.1) is 5.82 Å². The van der Waals surface area contributed by atoms with Crippen molar-refractivity contribution >= 4 is 17.7 Å². The lowest BCUT2D eigenvalue weighted by Crippen LogP contribution is -2.27. The van der Waals surface area contributed by atoms with Crippen LogP contribution in [0.25, 0.3) is 0 Å². The molecule has 21 heavy (non-hydrogen) atoms. The van der Waals surface area contributed by atoms with Crippen molar-refractivity contribution in [3.8, 4) is 0 Å². The molecule has 2 N–H and O–H groups in total. The van der Waals surface area contributed by atoms with E-state index < -0.39 is 29.4 Å². The van der Waals surface area contributed by atoms with Gasteiger partial charge in [-0.05, 0) is 44.4 Å². The predicted octanol–water partition coefficient (Wildman–Crippen LogP) is 3.75. The Hall–Kier alpha value is -2.11. The molecule has 0 bridgehead atoms. The molecule has 1 aromatic rings. The zero-order chi connectivity index (χ0) is 16.2. The Morgan fingerprint density at radius 2 is 2.00 bits per heavy atom. The molecule has 0 saturated heterocycles. The number of carboxylic acid groups (broad SMARTS) is 1. The number of hydrogen-bond donors (Lipinski definition) is 2. The van der Waals surface area contributed by atoms with Gasteiger partial charge in [-0.3, -0.25) is 10.1 Å². The molecule has 0 aliphatic carbocycles. The van der Waals surface area contributed by atoms with E-state index in [1.54, 1.807) is 27.7 Å². The Morgan fingerprint density at radius 3 is 2.48 bits per heavy atom. The number of amides is 1. The van der Waals surface area contributed by atoms with E-state index in [2.05, 4.69) is 5.32 Å². The predicted molar refractivity (Wildman–Crippen MR) is 76.9 cm³/mol. The number of aliphatic carboxylic acids is 1. The molecule has 0 saturated carbocycles. The fraction of sp³-hybridized carbons (Fsp3) is 0.467. The number of halogens is 1. The van der Waals surface area contributed by atoms with Gasteiger partial charge < -0.3 is 9.84 Å². The molecule has 0 aliphatic rings. The van der Waals surface area contributed by atoms with E-state index in [0.717, 1.165) is 6.07 Å². The normalized spacial score (nSPS) is 12.6. The molecule has 1 rings (SSSR count). The molecule has 0 fully saturated rings. The quantitative estimate of drug-likeness (QED) is 0.887. The molecular formula is C15H20FNO4. The summed E-state index contributed by atoms with van der Waals surface area (Å²) in [5.74, 6) is -1.99. The molecule has 1 amide bonds. The van der Waals surface area contributed by atoms with Gasteiger partial charge in [-0.1, -0.05) is 13.0 Å². The second-order valence-electron chi connectivity index (χ2n) is 5.86. The molecule has 0 heterocycles. The number of benzene rings is 1. The summed E-state index contributed by atoms with van der Waals surface area (Å²) in [5, 5.41) is 11.2. The SMILES string of the molecule is CC(CC(=O)O)c1ccc(NC(=O)OC(C)(C)C)cc1F. The van der Waals surface area contributed by atoms with Gasteiger partial charge in [0.1, 0.15) is 11.4 Å². The maximum atomic E-state index is 14.0. The fourth-order valence-corrected chi connectivity index (χ4v) is 1.80. The summed E-state index contributed by atoms with van der Waals surface area (Å²) < 4.78 is 19.0. The van der Waals surface area contributed by atoms with Gasteiger partial charge in [0.2, 0.25) is 0 Å². The summed E-state index contributed by atoms with van der Waals surface area (Å²) in [4.78, 5) is 22.2. The Morgan fingerprint density at radius 1 is 1.38 bits per heavy atom. The van der Waals surface area contributed by atoms with Crippen molar-refractivity contribution in [3.63, 3.8) is 0 Å². The molecule has 116 valence electrons. The van der Waals surface area contributed by atoms with Crippen molar-refractivity contribution in [1.29, 1.82) is 0 Å². The summed E-state index contributed by atoms with van der Waals surface area (Å²) in [6, 6.07) is 4.13. The number of rotatable bonds is 4. The average Bonchev–Trinajstić information content (AvgIpc) is 2.24. The lowest BCUT2D eigenvalue weighted by Gasteiger charge is -2.20. The van der Waals surface area contributed by atoms with Gasteiger partial charge in [-0.2, -0.15) is 0 Å². The first kappa shape index (κ1) is 16.9. The number of carboxylic acids is 1. The van der Waals surface area contributed by atoms with Gasteiger partial charge in [0.15, 0.2) is 0 Å². The molecule has 1 aromatic carbocycles. The topological polar surface area (TPSA) is 75.6 Å². The second kappa shape index (κ2) is 6.56. The maximum Gasteiger partial charge on any atom is 0.412 e. The summed E-state index contributed by atoms with van der Waals surface area (Å²) in [6.45, 7) is 6.81. The van der Waals surface area contributed by atoms with Crippen LogP contribution in [0.3, 0.4) is 0 Å². The molecule has 1 atom stereocenters. The van der Waals surface area contributed by atoms with Crippen molar-refractivity contribution < 1.29 is 23.8 Å². The lowest BCUT2D eigenvalue weighted by atomic mass is 9.97. The van der Waals surface area contributed by atoms with Crippen molar-refractivity contribution in [2.45, 2.75) is 45.6 Å². The molecule has 0 radical (unpaired) electrons. The third-order valence-electron chi connectivity index (χ3n) is 2.66. The maximum absolute atomic E-state index is 14.0. The standard InChI is InChI=1S/C15H20FNO4/c1-9(7-13(18)19)11-6-5-10(8-12(11)16)17-14(20)21-15(2,3)4/h5-6,8-9H,7H2,1-4H3,(H,17,20)(H,18,19). The van der Waals surface area contributed by atoms with E-state index in [4.69, 9.17) is 9.84 Å². The minimum absolute atomic E-state index is 0.157. The summed E-state index contributed by atoms with van der Waals surface area (Å²) in [6.07, 6.45) is -0.830. The average molecular weight is 297 g/mol. The van der Waals surface area contributed by atoms with Crippen LogP contribution in [0.4, 0.5) is 14.9 Å². The van der Waals surface area contributed by atoms with Crippen LogP contribution < -0.4 is 5.32 Å². The monoisotopic (exact) mass is 297 g/mol. The molecule has 5 nitrogen and oxygen atoms in total. The van der Waals surface area contributed by atoms with Crippen LogP contribution in [0.2, 0.25) is 0 Å². The highest BCUT2D eigenvalue weighted by Crippen LogP contribution is 2.25. The van der Waals surface area contributed by atoms with Crippen LogP contribution in [0.15, 0.2) is 18.2 Å². The van der Waals surface area contributed by atoms with E-state index in [1.165, 1.54) is 12.1 Å². The molecular weight excluding hydrogens is 277 g/mol. The number of carbonyl (C=O) groups excluding carboxylic acids is 1. The highest BCUT2D eigenvalue weighted by Gasteiger charge is 2.18. The molecule has 0 aliphatic heterocycles. The first-order valence-corrected chi connectivity index (χ1v) is 6.59. The van der Waals surface area contributed by atoms with E-state index in [-0.39, 0.29) is 12.1 Å². The van der Waals surface area contributed by atoms with Crippen LogP contribution >= 0.6 is 0 Å². The van der Waals surface area contributed by atoms with Gasteiger partial charge in [-0.15, -0.1) is 0 Å². The zero-order valence-corrected chi connectivity index (χ0v) is 12.6. The first-order chi connectivity index (χ1) is 9.58. The zero-order valence-electron chi connectivity index (χ0n) is 12.6. The Labute approximate surface area is 123 Å². The van der Waals surface area contributed by atoms with Crippen LogP contribution in [-0.4, -0.2) is 22.8 Å². The summed E-state index contributed by atoms with van der Waals surface area (Å²) in [7, 11) is 0. The number of nitrogens with one attached hydrogen (secondary N) is 1. The van der Waals surface area contributed by atoms with Gasteiger partial charge >= 0.3 is 12.1 Å². The third kappa shape index (κ3) is 5.81. The van der Waals surface area contributed by atoms with Crippen molar-refractivity contribution in [3.05, 3.63) is 29.6 Å². The second-order valence-corrected chi connectivity index (χ2v) is 5.86. The number of hydrogen-bond acceptors (Lipinski definition) is 3. The minimum atomic E-state index is -0.988. The fourth-order valence-electron chi connectivity index (χ4n) is 1.80. The van der Waals surface area contributed by atoms with Crippen LogP contribution in [-0.2, 0) is 9.53 Å². The van der Waals surface area contributed by atoms with Crippen molar-refractivity contribution in [2.75, 3.05) is 5.32 Å². The van der Waals surface area contributed by atoms with Gasteiger partial charge in [0.25, 0.3) is 0 Å². The Balaban J connectivity index is 2.78. The number of ether oxygens (including phenoxy) is 1. The van der Waals surface area contributed by atoms with Gasteiger partial charge in [0, 0.05) is 5.69 Å². The van der Waals surface area contributed by atoms with E-state index in [9.17, 15) is 14.0 Å². The Bertz CT molecular complexity index is 537. The third-order valence-corrected chi connectivity index (χ3v) is 2.66. The molecule has 6 heteroatoms. The van der Waals surface area contributed by atoms with Gasteiger partial charge in [0.05, 0.1) is 6.42 Å². The highest BCUT2D eigenvalue weighted by atomic mass is 19.1. The van der Waals surface area contributed by atoms with Crippen molar-refractivity contribution in [2.24, 2.45) is 0 Å². The molecule has 1 unspecified atom stereocenters. The van der Waals surface area contributed by atoms with Crippen LogP contribution in [0.1, 0.15) is 45.6 Å². The highest BCUT2D eigenvalue weighted by molar-refractivity contribution is 5.84. The van der Waals surface area contributed by atoms with E-state index in [0.29, 0.717) is 5.56 Å².